The molecule has 0 spiro atoms. The van der Waals surface area contributed by atoms with Gasteiger partial charge >= 0.3 is 0 Å². The van der Waals surface area contributed by atoms with Crippen LogP contribution in [0.4, 0.5) is 0 Å². The predicted molar refractivity (Wildman–Crippen MR) is 88.8 cm³/mol. The van der Waals surface area contributed by atoms with E-state index in [2.05, 4.69) is 11.8 Å². The second-order valence-electron chi connectivity index (χ2n) is 10.2. The van der Waals surface area contributed by atoms with Crippen LogP contribution in [-0.2, 0) is 0 Å². The van der Waals surface area contributed by atoms with Crippen LogP contribution in [0.25, 0.3) is 0 Å². The van der Waals surface area contributed by atoms with Crippen molar-refractivity contribution in [1.29, 1.82) is 0 Å². The van der Waals surface area contributed by atoms with Crippen molar-refractivity contribution in [2.45, 2.75) is 64.2 Å². The lowest BCUT2D eigenvalue weighted by atomic mass is 9.51. The van der Waals surface area contributed by atoms with Gasteiger partial charge in [-0.2, -0.15) is 0 Å². The zero-order chi connectivity index (χ0) is 14.3. The highest BCUT2D eigenvalue weighted by Gasteiger charge is 2.49. The average molecular weight is 294 g/mol. The highest BCUT2D eigenvalue weighted by atomic mass is 14.5. The van der Waals surface area contributed by atoms with Crippen LogP contribution in [0.2, 0.25) is 0 Å². The van der Waals surface area contributed by atoms with Crippen molar-refractivity contribution < 1.29 is 0 Å². The lowest BCUT2D eigenvalue weighted by molar-refractivity contribution is -0.0166. The van der Waals surface area contributed by atoms with Crippen LogP contribution in [0.1, 0.15) is 64.2 Å². The third-order valence-corrected chi connectivity index (χ3v) is 8.87. The molecule has 8 aliphatic carbocycles. The van der Waals surface area contributed by atoms with Gasteiger partial charge in [-0.25, -0.2) is 0 Å². The second kappa shape index (κ2) is 4.55. The highest BCUT2D eigenvalue weighted by Crippen LogP contribution is 2.58. The molecule has 8 aliphatic rings. The van der Waals surface area contributed by atoms with E-state index in [-0.39, 0.29) is 0 Å². The maximum Gasteiger partial charge on any atom is 0.0259 e. The monoisotopic (exact) mass is 294 g/mol. The van der Waals surface area contributed by atoms with Crippen molar-refractivity contribution >= 4 is 0 Å². The van der Waals surface area contributed by atoms with Crippen LogP contribution in [-0.4, -0.2) is 0 Å². The topological polar surface area (TPSA) is 0 Å². The normalized spacial score (nSPS) is 60.4. The summed E-state index contributed by atoms with van der Waals surface area (Å²) in [6.07, 6.45) is 15.4. The maximum absolute atomic E-state index is 3.94. The van der Waals surface area contributed by atoms with Crippen molar-refractivity contribution in [2.24, 2.45) is 59.2 Å². The standard InChI is InChI=1S/C22H30/c1(21-17-5-13-3-14(7-17)8-18(21)6-13)2-22-19-9-15-4-16(11-19)12-20(22)10-15/h13-22H,3-12H2. The molecule has 0 unspecified atom stereocenters. The fourth-order valence-electron chi connectivity index (χ4n) is 8.51. The van der Waals surface area contributed by atoms with E-state index in [0.29, 0.717) is 0 Å². The molecule has 0 N–H and O–H groups in total. The molecule has 0 nitrogen and oxygen atoms in total. The van der Waals surface area contributed by atoms with Gasteiger partial charge in [-0.15, -0.1) is 0 Å². The van der Waals surface area contributed by atoms with Crippen LogP contribution in [0.15, 0.2) is 0 Å². The summed E-state index contributed by atoms with van der Waals surface area (Å²) in [5.41, 5.74) is 0. The zero-order valence-corrected chi connectivity index (χ0v) is 13.8. The van der Waals surface area contributed by atoms with Gasteiger partial charge in [0.25, 0.3) is 0 Å². The third-order valence-electron chi connectivity index (χ3n) is 8.87. The van der Waals surface area contributed by atoms with E-state index in [1.165, 1.54) is 51.4 Å². The van der Waals surface area contributed by atoms with Crippen molar-refractivity contribution in [3.05, 3.63) is 0 Å². The van der Waals surface area contributed by atoms with Crippen LogP contribution < -0.4 is 0 Å². The molecule has 0 amide bonds. The van der Waals surface area contributed by atoms with Gasteiger partial charge in [0, 0.05) is 11.8 Å². The van der Waals surface area contributed by atoms with Gasteiger partial charge in [0.1, 0.15) is 0 Å². The smallest absolute Gasteiger partial charge is 0.0259 e. The first kappa shape index (κ1) is 12.9. The van der Waals surface area contributed by atoms with Gasteiger partial charge < -0.3 is 0 Å². The Labute approximate surface area is 135 Å². The molecular formula is C22H30. The second-order valence-corrected chi connectivity index (χ2v) is 10.2. The van der Waals surface area contributed by atoms with Crippen LogP contribution in [0.5, 0.6) is 0 Å². The Morgan fingerprint density at radius 2 is 0.636 bits per heavy atom. The Bertz CT molecular complexity index is 430. The summed E-state index contributed by atoms with van der Waals surface area (Å²) in [6, 6.07) is 0. The summed E-state index contributed by atoms with van der Waals surface area (Å²) in [6.45, 7) is 0. The van der Waals surface area contributed by atoms with Crippen molar-refractivity contribution in [1.82, 2.24) is 0 Å². The Morgan fingerprint density at radius 3 is 0.909 bits per heavy atom. The van der Waals surface area contributed by atoms with E-state index in [0.717, 1.165) is 59.2 Å². The summed E-state index contributed by atoms with van der Waals surface area (Å²) >= 11 is 0. The minimum Gasteiger partial charge on any atom is -0.0990 e. The van der Waals surface area contributed by atoms with Gasteiger partial charge in [0.2, 0.25) is 0 Å². The first-order valence-corrected chi connectivity index (χ1v) is 10.3. The summed E-state index contributed by atoms with van der Waals surface area (Å²) in [4.78, 5) is 0. The van der Waals surface area contributed by atoms with Gasteiger partial charge in [0.15, 0.2) is 0 Å². The maximum atomic E-state index is 3.94. The zero-order valence-electron chi connectivity index (χ0n) is 13.8. The van der Waals surface area contributed by atoms with Gasteiger partial charge in [0.05, 0.1) is 0 Å². The lowest BCUT2D eigenvalue weighted by Gasteiger charge is -2.54. The minimum absolute atomic E-state index is 0.810. The Balaban J connectivity index is 1.24. The molecule has 0 aromatic heterocycles. The van der Waals surface area contributed by atoms with Crippen molar-refractivity contribution in [3.63, 3.8) is 0 Å². The Morgan fingerprint density at radius 1 is 0.364 bits per heavy atom. The van der Waals surface area contributed by atoms with Crippen LogP contribution in [0, 0.1) is 71.0 Å². The van der Waals surface area contributed by atoms with Crippen molar-refractivity contribution in [2.75, 3.05) is 0 Å². The highest BCUT2D eigenvalue weighted by molar-refractivity contribution is 5.18. The fourth-order valence-corrected chi connectivity index (χ4v) is 8.51. The molecule has 8 saturated carbocycles. The van der Waals surface area contributed by atoms with Gasteiger partial charge in [-0.3, -0.25) is 0 Å². The molecule has 118 valence electrons. The molecule has 0 aromatic rings. The molecule has 8 rings (SSSR count). The fraction of sp³-hybridized carbons (Fsp3) is 0.909. The molecule has 0 saturated heterocycles. The SMILES string of the molecule is C(#CC1C2CC3CC(C2)CC1C3)C1C2CC3CC(C2)CC1C3. The van der Waals surface area contributed by atoms with E-state index < -0.39 is 0 Å². The summed E-state index contributed by atoms with van der Waals surface area (Å²) in [5, 5.41) is 0. The summed E-state index contributed by atoms with van der Waals surface area (Å²) in [7, 11) is 0. The molecule has 0 heteroatoms. The number of hydrogen-bond donors (Lipinski definition) is 0. The molecular weight excluding hydrogens is 264 g/mol. The molecule has 8 bridgehead atoms. The summed E-state index contributed by atoms with van der Waals surface area (Å²) < 4.78 is 0. The Kier molecular flexibility index (Phi) is 2.67. The largest absolute Gasteiger partial charge is 0.0990 e. The summed E-state index contributed by atoms with van der Waals surface area (Å²) in [5.74, 6) is 17.9. The van der Waals surface area contributed by atoms with Gasteiger partial charge in [-0.05, 0) is 112 Å². The van der Waals surface area contributed by atoms with E-state index >= 15 is 0 Å². The van der Waals surface area contributed by atoms with E-state index in [1.807, 2.05) is 0 Å². The number of hydrogen-bond acceptors (Lipinski definition) is 0. The van der Waals surface area contributed by atoms with E-state index in [4.69, 9.17) is 0 Å². The lowest BCUT2D eigenvalue weighted by Crippen LogP contribution is -2.45. The first-order chi connectivity index (χ1) is 10.8. The number of rotatable bonds is 0. The van der Waals surface area contributed by atoms with Crippen molar-refractivity contribution in [3.8, 4) is 11.8 Å². The quantitative estimate of drug-likeness (QED) is 0.543. The van der Waals surface area contributed by atoms with Gasteiger partial charge in [-0.1, -0.05) is 11.8 Å². The minimum atomic E-state index is 0.810. The third kappa shape index (κ3) is 1.84. The van der Waals surface area contributed by atoms with Crippen LogP contribution in [0.3, 0.4) is 0 Å². The Hall–Kier alpha value is -0.440. The average Bonchev–Trinajstić information content (AvgIpc) is 2.47. The van der Waals surface area contributed by atoms with E-state index in [1.54, 1.807) is 12.8 Å². The molecule has 22 heavy (non-hydrogen) atoms. The molecule has 8 fully saturated rings. The van der Waals surface area contributed by atoms with E-state index in [9.17, 15) is 0 Å². The van der Waals surface area contributed by atoms with Crippen LogP contribution >= 0.6 is 0 Å². The molecule has 0 atom stereocenters. The first-order valence-electron chi connectivity index (χ1n) is 10.3. The predicted octanol–water partition coefficient (Wildman–Crippen LogP) is 5.13. The molecule has 0 radical (unpaired) electrons. The molecule has 0 aliphatic heterocycles. The molecule has 0 heterocycles. The molecule has 0 aromatic carbocycles.